The van der Waals surface area contributed by atoms with Gasteiger partial charge in [-0.25, -0.2) is 0 Å². The molecule has 1 N–H and O–H groups in total. The van der Waals surface area contributed by atoms with Crippen molar-refractivity contribution in [1.82, 2.24) is 4.90 Å². The second-order valence-electron chi connectivity index (χ2n) is 4.75. The minimum Gasteiger partial charge on any atom is -0.481 e. The summed E-state index contributed by atoms with van der Waals surface area (Å²) in [6.45, 7) is 4.20. The quantitative estimate of drug-likeness (QED) is 0.926. The van der Waals surface area contributed by atoms with Crippen molar-refractivity contribution in [3.63, 3.8) is 0 Å². The van der Waals surface area contributed by atoms with Crippen LogP contribution in [0, 0.1) is 6.92 Å². The molecule has 0 atom stereocenters. The molecule has 20 heavy (non-hydrogen) atoms. The standard InChI is InChI=1S/C15H17NO3S/c1-10-3-5-12(6-4-10)15-11(2)20-9-13(17)16(15)8-7-14(18)19/h3-6H,7-9H2,1-2H3,(H,18,19). The molecule has 106 valence electrons. The summed E-state index contributed by atoms with van der Waals surface area (Å²) in [4.78, 5) is 25.5. The molecule has 0 unspecified atom stereocenters. The zero-order chi connectivity index (χ0) is 14.7. The number of aryl methyl sites for hydroxylation is 1. The van der Waals surface area contributed by atoms with Crippen LogP contribution in [0.25, 0.3) is 5.70 Å². The fourth-order valence-electron chi connectivity index (χ4n) is 2.15. The van der Waals surface area contributed by atoms with E-state index >= 15 is 0 Å². The molecule has 0 bridgehead atoms. The maximum atomic E-state index is 12.1. The summed E-state index contributed by atoms with van der Waals surface area (Å²) in [6, 6.07) is 7.94. The second-order valence-corrected chi connectivity index (χ2v) is 5.94. The molecular formula is C15H17NO3S. The van der Waals surface area contributed by atoms with Crippen LogP contribution in [0.5, 0.6) is 0 Å². The number of carbonyl (C=O) groups is 2. The van der Waals surface area contributed by atoms with E-state index in [2.05, 4.69) is 0 Å². The molecule has 5 heteroatoms. The minimum atomic E-state index is -0.892. The molecular weight excluding hydrogens is 274 g/mol. The Bertz CT molecular complexity index is 563. The van der Waals surface area contributed by atoms with Crippen LogP contribution in [0.2, 0.25) is 0 Å². The molecule has 1 aromatic carbocycles. The van der Waals surface area contributed by atoms with E-state index in [9.17, 15) is 9.59 Å². The van der Waals surface area contributed by atoms with Crippen LogP contribution in [0.3, 0.4) is 0 Å². The third-order valence-corrected chi connectivity index (χ3v) is 4.21. The number of nitrogens with zero attached hydrogens (tertiary/aromatic N) is 1. The number of hydrogen-bond donors (Lipinski definition) is 1. The van der Waals surface area contributed by atoms with Gasteiger partial charge in [-0.05, 0) is 19.4 Å². The number of hydrogen-bond acceptors (Lipinski definition) is 3. The number of allylic oxidation sites excluding steroid dienone is 1. The third-order valence-electron chi connectivity index (χ3n) is 3.19. The van der Waals surface area contributed by atoms with E-state index in [1.807, 2.05) is 38.1 Å². The van der Waals surface area contributed by atoms with Gasteiger partial charge >= 0.3 is 5.97 Å². The summed E-state index contributed by atoms with van der Waals surface area (Å²) in [6.07, 6.45) is -0.0426. The second kappa shape index (κ2) is 6.13. The van der Waals surface area contributed by atoms with Crippen molar-refractivity contribution in [2.24, 2.45) is 0 Å². The predicted molar refractivity (Wildman–Crippen MR) is 80.2 cm³/mol. The van der Waals surface area contributed by atoms with E-state index in [1.165, 1.54) is 11.8 Å². The Morgan fingerprint density at radius 3 is 2.55 bits per heavy atom. The Balaban J connectivity index is 2.35. The third kappa shape index (κ3) is 3.22. The van der Waals surface area contributed by atoms with Gasteiger partial charge in [0.2, 0.25) is 5.91 Å². The number of carbonyl (C=O) groups excluding carboxylic acids is 1. The summed E-state index contributed by atoms with van der Waals surface area (Å²) in [7, 11) is 0. The van der Waals surface area contributed by atoms with Gasteiger partial charge < -0.3 is 10.0 Å². The van der Waals surface area contributed by atoms with Crippen molar-refractivity contribution >= 4 is 29.3 Å². The lowest BCUT2D eigenvalue weighted by atomic mass is 10.1. The maximum Gasteiger partial charge on any atom is 0.305 e. The van der Waals surface area contributed by atoms with Crippen LogP contribution < -0.4 is 0 Å². The number of aliphatic carboxylic acids is 1. The molecule has 2 rings (SSSR count). The average Bonchev–Trinajstić information content (AvgIpc) is 2.41. The first-order valence-electron chi connectivity index (χ1n) is 6.42. The highest BCUT2D eigenvalue weighted by Gasteiger charge is 2.26. The molecule has 1 amide bonds. The van der Waals surface area contributed by atoms with E-state index in [-0.39, 0.29) is 18.9 Å². The van der Waals surface area contributed by atoms with Gasteiger partial charge in [0, 0.05) is 11.4 Å². The van der Waals surface area contributed by atoms with Crippen molar-refractivity contribution in [2.75, 3.05) is 12.3 Å². The Morgan fingerprint density at radius 2 is 1.95 bits per heavy atom. The fraction of sp³-hybridized carbons (Fsp3) is 0.333. The number of carboxylic acid groups (broad SMARTS) is 1. The molecule has 1 aliphatic rings. The zero-order valence-electron chi connectivity index (χ0n) is 11.5. The summed E-state index contributed by atoms with van der Waals surface area (Å²) in [5.74, 6) is -0.546. The number of thioether (sulfide) groups is 1. The molecule has 4 nitrogen and oxygen atoms in total. The highest BCUT2D eigenvalue weighted by Crippen LogP contribution is 2.34. The van der Waals surface area contributed by atoms with Crippen molar-refractivity contribution < 1.29 is 14.7 Å². The van der Waals surface area contributed by atoms with E-state index in [4.69, 9.17) is 5.11 Å². The lowest BCUT2D eigenvalue weighted by Crippen LogP contribution is -2.35. The molecule has 0 fully saturated rings. The fourth-order valence-corrected chi connectivity index (χ4v) is 3.01. The van der Waals surface area contributed by atoms with Crippen LogP contribution in [0.1, 0.15) is 24.5 Å². The Hall–Kier alpha value is -1.75. The normalized spacial score (nSPS) is 15.7. The SMILES string of the molecule is CC1=C(c2ccc(C)cc2)N(CCC(=O)O)C(=O)CS1. The first kappa shape index (κ1) is 14.7. The largest absolute Gasteiger partial charge is 0.481 e. The van der Waals surface area contributed by atoms with Gasteiger partial charge in [0.15, 0.2) is 0 Å². The van der Waals surface area contributed by atoms with Crippen LogP contribution >= 0.6 is 11.8 Å². The minimum absolute atomic E-state index is 0.0302. The number of carboxylic acids is 1. The van der Waals surface area contributed by atoms with Crippen molar-refractivity contribution in [2.45, 2.75) is 20.3 Å². The smallest absolute Gasteiger partial charge is 0.305 e. The van der Waals surface area contributed by atoms with Gasteiger partial charge in [-0.15, -0.1) is 11.8 Å². The summed E-state index contributed by atoms with van der Waals surface area (Å²) >= 11 is 1.51. The lowest BCUT2D eigenvalue weighted by Gasteiger charge is -2.30. The average molecular weight is 291 g/mol. The van der Waals surface area contributed by atoms with E-state index in [0.29, 0.717) is 5.75 Å². The first-order valence-corrected chi connectivity index (χ1v) is 7.40. The molecule has 1 aromatic rings. The van der Waals surface area contributed by atoms with E-state index in [1.54, 1.807) is 4.90 Å². The topological polar surface area (TPSA) is 57.6 Å². The van der Waals surface area contributed by atoms with Gasteiger partial charge in [-0.1, -0.05) is 29.8 Å². The van der Waals surface area contributed by atoms with Crippen LogP contribution in [-0.2, 0) is 9.59 Å². The summed E-state index contributed by atoms with van der Waals surface area (Å²) in [5, 5.41) is 8.83. The van der Waals surface area contributed by atoms with Gasteiger partial charge in [0.05, 0.1) is 17.9 Å². The highest BCUT2D eigenvalue weighted by molar-refractivity contribution is 8.03. The molecule has 0 aromatic heterocycles. The highest BCUT2D eigenvalue weighted by atomic mass is 32.2. The van der Waals surface area contributed by atoms with Gasteiger partial charge in [0.1, 0.15) is 0 Å². The summed E-state index contributed by atoms with van der Waals surface area (Å²) < 4.78 is 0. The molecule has 1 heterocycles. The van der Waals surface area contributed by atoms with Gasteiger partial charge in [-0.3, -0.25) is 9.59 Å². The Morgan fingerprint density at radius 1 is 1.30 bits per heavy atom. The van der Waals surface area contributed by atoms with Crippen LogP contribution in [0.15, 0.2) is 29.2 Å². The Labute approximate surface area is 122 Å². The zero-order valence-corrected chi connectivity index (χ0v) is 12.4. The number of benzene rings is 1. The van der Waals surface area contributed by atoms with Gasteiger partial charge in [0.25, 0.3) is 0 Å². The van der Waals surface area contributed by atoms with Gasteiger partial charge in [-0.2, -0.15) is 0 Å². The molecule has 0 spiro atoms. The van der Waals surface area contributed by atoms with E-state index in [0.717, 1.165) is 21.7 Å². The Kier molecular flexibility index (Phi) is 4.49. The van der Waals surface area contributed by atoms with Crippen molar-refractivity contribution in [1.29, 1.82) is 0 Å². The van der Waals surface area contributed by atoms with Crippen molar-refractivity contribution in [3.8, 4) is 0 Å². The van der Waals surface area contributed by atoms with Crippen molar-refractivity contribution in [3.05, 3.63) is 40.3 Å². The van der Waals surface area contributed by atoms with Crippen LogP contribution in [-0.4, -0.2) is 34.2 Å². The lowest BCUT2D eigenvalue weighted by molar-refractivity contribution is -0.137. The summed E-state index contributed by atoms with van der Waals surface area (Å²) in [5.41, 5.74) is 2.95. The molecule has 0 saturated heterocycles. The molecule has 0 aliphatic carbocycles. The maximum absolute atomic E-state index is 12.1. The number of rotatable bonds is 4. The molecule has 1 aliphatic heterocycles. The van der Waals surface area contributed by atoms with E-state index < -0.39 is 5.97 Å². The predicted octanol–water partition coefficient (Wildman–Crippen LogP) is 2.73. The molecule has 0 saturated carbocycles. The number of amides is 1. The van der Waals surface area contributed by atoms with Crippen LogP contribution in [0.4, 0.5) is 0 Å². The monoisotopic (exact) mass is 291 g/mol. The molecule has 0 radical (unpaired) electrons. The first-order chi connectivity index (χ1) is 9.49.